The molecule has 1 N–H and O–H groups in total. The van der Waals surface area contributed by atoms with Gasteiger partial charge in [-0.2, -0.15) is 10.5 Å². The van der Waals surface area contributed by atoms with E-state index < -0.39 is 5.82 Å². The number of aryl methyl sites for hydroxylation is 1. The van der Waals surface area contributed by atoms with Crippen LogP contribution in [0.4, 0.5) is 10.1 Å². The molecule has 2 rings (SSSR count). The topological polar surface area (TPSA) is 59.6 Å². The highest BCUT2D eigenvalue weighted by atomic mass is 19.1. The number of nitrogens with one attached hydrogen (secondary N) is 1. The first-order chi connectivity index (χ1) is 9.63. The van der Waals surface area contributed by atoms with Crippen molar-refractivity contribution in [2.75, 3.05) is 5.32 Å². The molecule has 0 aliphatic heterocycles. The molecule has 0 amide bonds. The van der Waals surface area contributed by atoms with Gasteiger partial charge in [0.2, 0.25) is 0 Å². The third-order valence-electron chi connectivity index (χ3n) is 3.02. The Hall–Kier alpha value is -2.85. The van der Waals surface area contributed by atoms with E-state index in [0.717, 1.165) is 11.3 Å². The number of nitriles is 2. The summed E-state index contributed by atoms with van der Waals surface area (Å²) in [4.78, 5) is 0. The zero-order valence-corrected chi connectivity index (χ0v) is 10.9. The Morgan fingerprint density at radius 1 is 1.05 bits per heavy atom. The predicted molar refractivity (Wildman–Crippen MR) is 74.3 cm³/mol. The van der Waals surface area contributed by atoms with Crippen LogP contribution in [-0.4, -0.2) is 0 Å². The summed E-state index contributed by atoms with van der Waals surface area (Å²) in [7, 11) is 0. The Morgan fingerprint density at radius 2 is 1.70 bits per heavy atom. The summed E-state index contributed by atoms with van der Waals surface area (Å²) in [5.41, 5.74) is 3.11. The Labute approximate surface area is 116 Å². The maximum absolute atomic E-state index is 13.7. The first kappa shape index (κ1) is 13.6. The predicted octanol–water partition coefficient (Wildman–Crippen LogP) is 3.49. The average molecular weight is 265 g/mol. The van der Waals surface area contributed by atoms with Gasteiger partial charge in [0.05, 0.1) is 23.3 Å². The SMILES string of the molecule is Cc1ccc(C#N)cc1NCc1ccc(C#N)cc1F. The third kappa shape index (κ3) is 2.93. The number of halogens is 1. The van der Waals surface area contributed by atoms with Crippen LogP contribution in [0.2, 0.25) is 0 Å². The van der Waals surface area contributed by atoms with Crippen LogP contribution < -0.4 is 5.32 Å². The summed E-state index contributed by atoms with van der Waals surface area (Å²) in [5.74, 6) is -0.411. The summed E-state index contributed by atoms with van der Waals surface area (Å²) in [6.07, 6.45) is 0. The molecule has 2 aromatic rings. The number of hydrogen-bond acceptors (Lipinski definition) is 3. The molecule has 0 unspecified atom stereocenters. The Kier molecular flexibility index (Phi) is 3.98. The molecule has 0 aliphatic carbocycles. The molecule has 0 spiro atoms. The van der Waals surface area contributed by atoms with Crippen molar-refractivity contribution >= 4 is 5.69 Å². The van der Waals surface area contributed by atoms with Gasteiger partial charge in [0.1, 0.15) is 5.82 Å². The number of nitrogens with zero attached hydrogens (tertiary/aromatic N) is 2. The number of anilines is 1. The van der Waals surface area contributed by atoms with Gasteiger partial charge in [-0.05, 0) is 36.8 Å². The molecule has 0 bridgehead atoms. The standard InChI is InChI=1S/C16H12FN3/c1-11-2-3-13(9-19)7-16(11)20-10-14-5-4-12(8-18)6-15(14)17/h2-7,20H,10H2,1H3. The first-order valence-electron chi connectivity index (χ1n) is 6.07. The zero-order chi connectivity index (χ0) is 14.5. The van der Waals surface area contributed by atoms with Crippen LogP contribution in [0.25, 0.3) is 0 Å². The van der Waals surface area contributed by atoms with Gasteiger partial charge in [0, 0.05) is 17.8 Å². The van der Waals surface area contributed by atoms with Crippen LogP contribution in [0.5, 0.6) is 0 Å². The van der Waals surface area contributed by atoms with E-state index >= 15 is 0 Å². The van der Waals surface area contributed by atoms with Crippen LogP contribution in [0.3, 0.4) is 0 Å². The van der Waals surface area contributed by atoms with Gasteiger partial charge in [-0.25, -0.2) is 4.39 Å². The maximum Gasteiger partial charge on any atom is 0.129 e. The molecule has 2 aromatic carbocycles. The third-order valence-corrected chi connectivity index (χ3v) is 3.02. The molecule has 0 heterocycles. The number of hydrogen-bond donors (Lipinski definition) is 1. The Bertz CT molecular complexity index is 723. The molecule has 0 saturated carbocycles. The summed E-state index contributed by atoms with van der Waals surface area (Å²) < 4.78 is 13.7. The van der Waals surface area contributed by atoms with Crippen LogP contribution in [-0.2, 0) is 6.54 Å². The second-order valence-corrected chi connectivity index (χ2v) is 4.41. The summed E-state index contributed by atoms with van der Waals surface area (Å²) in [6.45, 7) is 2.21. The molecule has 0 atom stereocenters. The van der Waals surface area contributed by atoms with E-state index in [1.165, 1.54) is 6.07 Å². The summed E-state index contributed by atoms with van der Waals surface area (Å²) >= 11 is 0. The highest BCUT2D eigenvalue weighted by molar-refractivity contribution is 5.55. The number of benzene rings is 2. The number of rotatable bonds is 3. The fourth-order valence-corrected chi connectivity index (χ4v) is 1.83. The molecule has 20 heavy (non-hydrogen) atoms. The molecule has 0 saturated heterocycles. The lowest BCUT2D eigenvalue weighted by Gasteiger charge is -2.10. The Morgan fingerprint density at radius 3 is 2.35 bits per heavy atom. The van der Waals surface area contributed by atoms with E-state index in [2.05, 4.69) is 11.4 Å². The van der Waals surface area contributed by atoms with Crippen LogP contribution in [0.15, 0.2) is 36.4 Å². The van der Waals surface area contributed by atoms with Crippen molar-refractivity contribution in [1.82, 2.24) is 0 Å². The molecule has 0 aliphatic rings. The van der Waals surface area contributed by atoms with Gasteiger partial charge < -0.3 is 5.32 Å². The zero-order valence-electron chi connectivity index (χ0n) is 10.9. The average Bonchev–Trinajstić information content (AvgIpc) is 2.47. The highest BCUT2D eigenvalue weighted by Crippen LogP contribution is 2.18. The maximum atomic E-state index is 13.7. The lowest BCUT2D eigenvalue weighted by Crippen LogP contribution is -2.03. The van der Waals surface area contributed by atoms with Gasteiger partial charge in [0.25, 0.3) is 0 Å². The van der Waals surface area contributed by atoms with Crippen molar-refractivity contribution in [3.63, 3.8) is 0 Å². The molecule has 0 aromatic heterocycles. The lowest BCUT2D eigenvalue weighted by molar-refractivity contribution is 0.612. The Balaban J connectivity index is 2.17. The molecule has 98 valence electrons. The fraction of sp³-hybridized carbons (Fsp3) is 0.125. The quantitative estimate of drug-likeness (QED) is 0.924. The van der Waals surface area contributed by atoms with Crippen LogP contribution in [0.1, 0.15) is 22.3 Å². The lowest BCUT2D eigenvalue weighted by atomic mass is 10.1. The van der Waals surface area contributed by atoms with Crippen molar-refractivity contribution in [2.24, 2.45) is 0 Å². The largest absolute Gasteiger partial charge is 0.381 e. The minimum absolute atomic E-state index is 0.299. The second-order valence-electron chi connectivity index (χ2n) is 4.41. The van der Waals surface area contributed by atoms with Crippen molar-refractivity contribution in [1.29, 1.82) is 10.5 Å². The van der Waals surface area contributed by atoms with Gasteiger partial charge in [-0.15, -0.1) is 0 Å². The summed E-state index contributed by atoms with van der Waals surface area (Å²) in [5, 5.41) is 20.7. The van der Waals surface area contributed by atoms with Gasteiger partial charge in [-0.3, -0.25) is 0 Å². The second kappa shape index (κ2) is 5.86. The van der Waals surface area contributed by atoms with E-state index in [-0.39, 0.29) is 0 Å². The van der Waals surface area contributed by atoms with Crippen molar-refractivity contribution in [2.45, 2.75) is 13.5 Å². The van der Waals surface area contributed by atoms with Crippen molar-refractivity contribution in [3.05, 3.63) is 64.5 Å². The van der Waals surface area contributed by atoms with Gasteiger partial charge in [-0.1, -0.05) is 12.1 Å². The molecular formula is C16H12FN3. The van der Waals surface area contributed by atoms with Gasteiger partial charge >= 0.3 is 0 Å². The van der Waals surface area contributed by atoms with E-state index in [9.17, 15) is 4.39 Å². The van der Waals surface area contributed by atoms with E-state index in [0.29, 0.717) is 23.2 Å². The first-order valence-corrected chi connectivity index (χ1v) is 6.07. The minimum atomic E-state index is -0.411. The van der Waals surface area contributed by atoms with E-state index in [1.807, 2.05) is 19.1 Å². The van der Waals surface area contributed by atoms with Gasteiger partial charge in [0.15, 0.2) is 0 Å². The van der Waals surface area contributed by atoms with Crippen molar-refractivity contribution in [3.8, 4) is 12.1 Å². The molecule has 0 radical (unpaired) electrons. The van der Waals surface area contributed by atoms with Crippen LogP contribution >= 0.6 is 0 Å². The monoisotopic (exact) mass is 265 g/mol. The normalized spacial score (nSPS) is 9.60. The van der Waals surface area contributed by atoms with Crippen molar-refractivity contribution < 1.29 is 4.39 Å². The summed E-state index contributed by atoms with van der Waals surface area (Å²) in [6, 6.07) is 13.7. The minimum Gasteiger partial charge on any atom is -0.381 e. The fourth-order valence-electron chi connectivity index (χ4n) is 1.83. The highest BCUT2D eigenvalue weighted by Gasteiger charge is 2.05. The molecule has 0 fully saturated rings. The van der Waals surface area contributed by atoms with E-state index in [4.69, 9.17) is 10.5 Å². The molecular weight excluding hydrogens is 253 g/mol. The molecule has 3 nitrogen and oxygen atoms in total. The van der Waals surface area contributed by atoms with E-state index in [1.54, 1.807) is 24.3 Å². The molecule has 4 heteroatoms. The van der Waals surface area contributed by atoms with Crippen LogP contribution in [0, 0.1) is 35.4 Å². The smallest absolute Gasteiger partial charge is 0.129 e.